The van der Waals surface area contributed by atoms with E-state index < -0.39 is 23.7 Å². The number of hydrogen-bond donors (Lipinski definition) is 6. The lowest BCUT2D eigenvalue weighted by atomic mass is 10.1. The van der Waals surface area contributed by atoms with Gasteiger partial charge in [0.2, 0.25) is 0 Å². The molecular formula is C15H23N7O4. The Morgan fingerprint density at radius 2 is 1.69 bits per heavy atom. The molecule has 0 aromatic carbocycles. The van der Waals surface area contributed by atoms with Gasteiger partial charge in [0.1, 0.15) is 6.04 Å². The molecule has 1 atom stereocenters. The molecule has 1 aromatic heterocycles. The van der Waals surface area contributed by atoms with Crippen LogP contribution < -0.4 is 22.1 Å². The van der Waals surface area contributed by atoms with Gasteiger partial charge >= 0.3 is 5.97 Å². The molecule has 1 heterocycles. The molecule has 142 valence electrons. The molecule has 1 aromatic rings. The highest BCUT2D eigenvalue weighted by Crippen LogP contribution is 2.14. The van der Waals surface area contributed by atoms with Crippen LogP contribution in [0.25, 0.3) is 0 Å². The van der Waals surface area contributed by atoms with Crippen molar-refractivity contribution in [1.29, 1.82) is 5.41 Å². The molecule has 0 aliphatic rings. The lowest BCUT2D eigenvalue weighted by Crippen LogP contribution is -2.41. The number of nitrogens with one attached hydrogen (secondary N) is 3. The first-order valence-electron chi connectivity index (χ1n) is 7.90. The van der Waals surface area contributed by atoms with Crippen molar-refractivity contribution in [3.8, 4) is 0 Å². The van der Waals surface area contributed by atoms with E-state index in [1.807, 2.05) is 0 Å². The number of aliphatic carboxylic acids is 1. The number of unbranched alkanes of at least 4 members (excludes halogenated alkanes) is 1. The van der Waals surface area contributed by atoms with Gasteiger partial charge in [-0.2, -0.15) is 0 Å². The highest BCUT2D eigenvalue weighted by atomic mass is 16.4. The van der Waals surface area contributed by atoms with E-state index >= 15 is 0 Å². The molecule has 0 aliphatic carbocycles. The van der Waals surface area contributed by atoms with E-state index in [0.29, 0.717) is 25.2 Å². The number of Topliss-reactive ketones (excluding diaryl/α,β-unsaturated/α-hetero) is 1. The third kappa shape index (κ3) is 6.00. The quantitative estimate of drug-likeness (QED) is 0.148. The number of amidine groups is 1. The fourth-order valence-corrected chi connectivity index (χ4v) is 2.12. The third-order valence-electron chi connectivity index (χ3n) is 3.41. The number of rotatable bonds is 9. The van der Waals surface area contributed by atoms with Crippen molar-refractivity contribution in [3.63, 3.8) is 0 Å². The number of carboxylic acids is 1. The first-order valence-corrected chi connectivity index (χ1v) is 7.90. The van der Waals surface area contributed by atoms with Gasteiger partial charge in [0, 0.05) is 13.5 Å². The van der Waals surface area contributed by atoms with Crippen molar-refractivity contribution in [2.75, 3.05) is 18.0 Å². The van der Waals surface area contributed by atoms with E-state index in [0.717, 1.165) is 0 Å². The second-order valence-electron chi connectivity index (χ2n) is 5.66. The van der Waals surface area contributed by atoms with Crippen molar-refractivity contribution in [2.45, 2.75) is 39.2 Å². The van der Waals surface area contributed by atoms with Gasteiger partial charge in [-0.05, 0) is 26.2 Å². The van der Waals surface area contributed by atoms with Crippen LogP contribution in [0.1, 0.15) is 54.1 Å². The maximum atomic E-state index is 12.3. The highest BCUT2D eigenvalue weighted by Gasteiger charge is 2.24. The van der Waals surface area contributed by atoms with Gasteiger partial charge in [-0.15, -0.1) is 0 Å². The standard InChI is InChI=1S/C15H23N7O4/c1-7(23)10-12(17)22-11(13(18)21-10)14(24)20-9(15(25)26)5-3-4-6-19-8(2)16/h9H,3-6H2,1-2H3,(H2,16,19)(H2,17,22)(H2,18,21)(H,20,24)(H,25,26). The van der Waals surface area contributed by atoms with E-state index in [4.69, 9.17) is 16.9 Å². The minimum Gasteiger partial charge on any atom is -0.480 e. The number of ketones is 1. The van der Waals surface area contributed by atoms with Crippen LogP contribution in [0.2, 0.25) is 0 Å². The van der Waals surface area contributed by atoms with Crippen molar-refractivity contribution in [1.82, 2.24) is 20.6 Å². The number of nitrogens with two attached hydrogens (primary N) is 2. The molecule has 0 aliphatic heterocycles. The van der Waals surface area contributed by atoms with Gasteiger partial charge in [0.25, 0.3) is 5.91 Å². The summed E-state index contributed by atoms with van der Waals surface area (Å²) in [6, 6.07) is -1.14. The van der Waals surface area contributed by atoms with Crippen molar-refractivity contribution >= 4 is 35.1 Å². The van der Waals surface area contributed by atoms with Gasteiger partial charge in [-0.25, -0.2) is 14.8 Å². The molecule has 1 amide bonds. The number of amides is 1. The number of carbonyl (C=O) groups excluding carboxylic acids is 2. The molecule has 11 nitrogen and oxygen atoms in total. The van der Waals surface area contributed by atoms with E-state index in [1.54, 1.807) is 6.92 Å². The summed E-state index contributed by atoms with van der Waals surface area (Å²) in [4.78, 5) is 42.5. The summed E-state index contributed by atoms with van der Waals surface area (Å²) in [6.45, 7) is 3.38. The van der Waals surface area contributed by atoms with Gasteiger partial charge in [-0.3, -0.25) is 15.0 Å². The van der Waals surface area contributed by atoms with Crippen molar-refractivity contribution in [2.24, 2.45) is 0 Å². The summed E-state index contributed by atoms with van der Waals surface area (Å²) >= 11 is 0. The Labute approximate surface area is 150 Å². The average Bonchev–Trinajstić information content (AvgIpc) is 2.54. The summed E-state index contributed by atoms with van der Waals surface area (Å²) in [5.74, 6) is -2.72. The maximum absolute atomic E-state index is 12.3. The fourth-order valence-electron chi connectivity index (χ4n) is 2.12. The first-order chi connectivity index (χ1) is 12.1. The summed E-state index contributed by atoms with van der Waals surface area (Å²) in [5.41, 5.74) is 10.7. The Morgan fingerprint density at radius 1 is 1.12 bits per heavy atom. The number of carboxylic acid groups (broad SMARTS) is 1. The molecule has 1 rings (SSSR count). The third-order valence-corrected chi connectivity index (χ3v) is 3.41. The van der Waals surface area contributed by atoms with Crippen LogP contribution in [0.3, 0.4) is 0 Å². The minimum atomic E-state index is -1.20. The van der Waals surface area contributed by atoms with Crippen LogP contribution in [0.4, 0.5) is 11.6 Å². The van der Waals surface area contributed by atoms with Gasteiger partial charge in [-0.1, -0.05) is 0 Å². The molecule has 0 fully saturated rings. The van der Waals surface area contributed by atoms with Crippen LogP contribution in [0.15, 0.2) is 0 Å². The summed E-state index contributed by atoms with van der Waals surface area (Å²) in [7, 11) is 0. The maximum Gasteiger partial charge on any atom is 0.326 e. The lowest BCUT2D eigenvalue weighted by Gasteiger charge is -2.15. The Morgan fingerprint density at radius 3 is 2.23 bits per heavy atom. The van der Waals surface area contributed by atoms with Gasteiger partial charge in [0.05, 0.1) is 5.84 Å². The normalized spacial score (nSPS) is 11.5. The molecule has 11 heteroatoms. The molecule has 1 unspecified atom stereocenters. The molecular weight excluding hydrogens is 342 g/mol. The molecule has 26 heavy (non-hydrogen) atoms. The first kappa shape index (κ1) is 20.8. The van der Waals surface area contributed by atoms with Crippen LogP contribution >= 0.6 is 0 Å². The molecule has 0 radical (unpaired) electrons. The predicted molar refractivity (Wildman–Crippen MR) is 95.0 cm³/mol. The average molecular weight is 365 g/mol. The largest absolute Gasteiger partial charge is 0.480 e. The SMILES string of the molecule is CC(=N)NCCCCC(NC(=O)c1nc(N)c(C(C)=O)nc1N)C(=O)O. The van der Waals surface area contributed by atoms with E-state index in [9.17, 15) is 19.5 Å². The number of nitrogen functional groups attached to an aromatic ring is 2. The minimum absolute atomic E-state index is 0.150. The van der Waals surface area contributed by atoms with Crippen molar-refractivity contribution < 1.29 is 19.5 Å². The molecule has 0 spiro atoms. The molecule has 0 saturated heterocycles. The Bertz CT molecular complexity index is 720. The number of aromatic nitrogens is 2. The van der Waals surface area contributed by atoms with Crippen LogP contribution in [0, 0.1) is 5.41 Å². The van der Waals surface area contributed by atoms with E-state index in [-0.39, 0.29) is 29.4 Å². The predicted octanol–water partition coefficient (Wildman–Crippen LogP) is -0.216. The van der Waals surface area contributed by atoms with Crippen molar-refractivity contribution in [3.05, 3.63) is 11.4 Å². The zero-order valence-corrected chi connectivity index (χ0v) is 14.6. The van der Waals surface area contributed by atoms with Crippen LogP contribution in [0.5, 0.6) is 0 Å². The second-order valence-corrected chi connectivity index (χ2v) is 5.66. The zero-order chi connectivity index (χ0) is 19.9. The Kier molecular flexibility index (Phi) is 7.44. The summed E-state index contributed by atoms with van der Waals surface area (Å²) < 4.78 is 0. The molecule has 0 saturated carbocycles. The second kappa shape index (κ2) is 9.30. The monoisotopic (exact) mass is 365 g/mol. The zero-order valence-electron chi connectivity index (χ0n) is 14.6. The number of anilines is 2. The van der Waals surface area contributed by atoms with Gasteiger partial charge < -0.3 is 27.2 Å². The Balaban J connectivity index is 2.76. The van der Waals surface area contributed by atoms with E-state index in [1.165, 1.54) is 6.92 Å². The smallest absolute Gasteiger partial charge is 0.326 e. The molecule has 8 N–H and O–H groups in total. The topological polar surface area (TPSA) is 197 Å². The van der Waals surface area contributed by atoms with Crippen LogP contribution in [-0.2, 0) is 4.79 Å². The summed E-state index contributed by atoms with van der Waals surface area (Å²) in [5, 5.41) is 21.6. The van der Waals surface area contributed by atoms with E-state index in [2.05, 4.69) is 20.6 Å². The highest BCUT2D eigenvalue weighted by molar-refractivity contribution is 6.01. The fraction of sp³-hybridized carbons (Fsp3) is 0.467. The number of carbonyl (C=O) groups is 3. The lowest BCUT2D eigenvalue weighted by molar-refractivity contribution is -0.139. The van der Waals surface area contributed by atoms with Crippen LogP contribution in [-0.4, -0.2) is 51.2 Å². The number of nitrogens with zero attached hydrogens (tertiary/aromatic N) is 2. The van der Waals surface area contributed by atoms with Gasteiger partial charge in [0.15, 0.2) is 28.8 Å². The summed E-state index contributed by atoms with van der Waals surface area (Å²) in [6.07, 6.45) is 1.34. The molecule has 0 bridgehead atoms. The Hall–Kier alpha value is -3.24. The number of hydrogen-bond acceptors (Lipinski definition) is 8.